The van der Waals surface area contributed by atoms with Crippen molar-refractivity contribution in [1.29, 1.82) is 0 Å². The quantitative estimate of drug-likeness (QED) is 0.528. The molecule has 5 heteroatoms. The molecule has 144 valence electrons. The van der Waals surface area contributed by atoms with Gasteiger partial charge in [0.25, 0.3) is 5.91 Å². The molecule has 0 spiro atoms. The Morgan fingerprint density at radius 3 is 2.17 bits per heavy atom. The second-order valence-corrected chi connectivity index (χ2v) is 6.68. The molecule has 0 aliphatic heterocycles. The zero-order valence-corrected chi connectivity index (χ0v) is 15.8. The Hall–Kier alpha value is -3.70. The van der Waals surface area contributed by atoms with Crippen LogP contribution in [0.25, 0.3) is 33.3 Å². The lowest BCUT2D eigenvalue weighted by Gasteiger charge is -2.17. The number of rotatable bonds is 6. The van der Waals surface area contributed by atoms with E-state index in [0.29, 0.717) is 12.3 Å². The molecule has 4 rings (SSSR count). The van der Waals surface area contributed by atoms with Crippen molar-refractivity contribution in [1.82, 2.24) is 4.98 Å². The van der Waals surface area contributed by atoms with E-state index in [1.165, 1.54) is 0 Å². The van der Waals surface area contributed by atoms with Gasteiger partial charge in [-0.2, -0.15) is 0 Å². The number of nitrogens with zero attached hydrogens (tertiary/aromatic N) is 1. The number of aromatic nitrogens is 1. The van der Waals surface area contributed by atoms with Crippen molar-refractivity contribution >= 4 is 16.8 Å². The fourth-order valence-electron chi connectivity index (χ4n) is 3.49. The summed E-state index contributed by atoms with van der Waals surface area (Å²) in [6.07, 6.45) is 0. The number of primary amides is 1. The second-order valence-electron chi connectivity index (χ2n) is 6.68. The van der Waals surface area contributed by atoms with Crippen molar-refractivity contribution in [3.63, 3.8) is 0 Å². The van der Waals surface area contributed by atoms with Gasteiger partial charge in [-0.25, -0.2) is 4.98 Å². The summed E-state index contributed by atoms with van der Waals surface area (Å²) in [6, 6.07) is 25.7. The highest BCUT2D eigenvalue weighted by Crippen LogP contribution is 2.38. The minimum Gasteiger partial charge on any atom is -0.484 e. The lowest BCUT2D eigenvalue weighted by Crippen LogP contribution is -2.20. The summed E-state index contributed by atoms with van der Waals surface area (Å²) in [5, 5.41) is 0.915. The summed E-state index contributed by atoms with van der Waals surface area (Å²) in [5.74, 6) is 0.0410. The highest BCUT2D eigenvalue weighted by Gasteiger charge is 2.17. The van der Waals surface area contributed by atoms with E-state index in [2.05, 4.69) is 12.1 Å². The van der Waals surface area contributed by atoms with E-state index in [-0.39, 0.29) is 6.61 Å². The topological polar surface area (TPSA) is 91.2 Å². The molecule has 29 heavy (non-hydrogen) atoms. The van der Waals surface area contributed by atoms with E-state index >= 15 is 0 Å². The standard InChI is InChI=1S/C24H21N3O2/c25-14-20-23(16-7-3-1-4-8-16)19-13-18(29-15-22(26)28)11-12-21(19)27-24(20)17-9-5-2-6-10-17/h1-13H,14-15,25H2,(H2,26,28). The molecule has 5 nitrogen and oxygen atoms in total. The van der Waals surface area contributed by atoms with Gasteiger partial charge in [-0.15, -0.1) is 0 Å². The smallest absolute Gasteiger partial charge is 0.255 e. The molecule has 1 aromatic heterocycles. The van der Waals surface area contributed by atoms with E-state index in [4.69, 9.17) is 21.2 Å². The van der Waals surface area contributed by atoms with Crippen molar-refractivity contribution in [2.24, 2.45) is 11.5 Å². The first-order chi connectivity index (χ1) is 14.2. The Morgan fingerprint density at radius 2 is 1.55 bits per heavy atom. The fraction of sp³-hybridized carbons (Fsp3) is 0.0833. The van der Waals surface area contributed by atoms with Crippen LogP contribution in [0.15, 0.2) is 78.9 Å². The van der Waals surface area contributed by atoms with Crippen LogP contribution in [-0.2, 0) is 11.3 Å². The summed E-state index contributed by atoms with van der Waals surface area (Å²) >= 11 is 0. The molecule has 0 bridgehead atoms. The molecule has 4 aromatic rings. The van der Waals surface area contributed by atoms with E-state index < -0.39 is 5.91 Å². The zero-order valence-electron chi connectivity index (χ0n) is 15.8. The van der Waals surface area contributed by atoms with Crippen LogP contribution in [-0.4, -0.2) is 17.5 Å². The number of benzene rings is 3. The maximum atomic E-state index is 11.1. The van der Waals surface area contributed by atoms with Crippen LogP contribution in [0, 0.1) is 0 Å². The maximum Gasteiger partial charge on any atom is 0.255 e. The molecule has 0 atom stereocenters. The predicted octanol–water partition coefficient (Wildman–Crippen LogP) is 3.89. The predicted molar refractivity (Wildman–Crippen MR) is 115 cm³/mol. The number of ether oxygens (including phenoxy) is 1. The average molecular weight is 383 g/mol. The number of hydrogen-bond acceptors (Lipinski definition) is 4. The van der Waals surface area contributed by atoms with E-state index in [1.807, 2.05) is 60.7 Å². The molecule has 1 heterocycles. The molecular weight excluding hydrogens is 362 g/mol. The van der Waals surface area contributed by atoms with Crippen molar-refractivity contribution in [2.45, 2.75) is 6.54 Å². The van der Waals surface area contributed by atoms with Gasteiger partial charge in [0.05, 0.1) is 11.2 Å². The molecule has 0 saturated heterocycles. The third kappa shape index (κ3) is 3.81. The Bertz CT molecular complexity index is 1160. The second kappa shape index (κ2) is 8.12. The molecule has 0 aliphatic carbocycles. The molecule has 0 fully saturated rings. The van der Waals surface area contributed by atoms with Gasteiger partial charge in [-0.3, -0.25) is 4.79 Å². The summed E-state index contributed by atoms with van der Waals surface area (Å²) in [4.78, 5) is 16.0. The van der Waals surface area contributed by atoms with E-state index in [0.717, 1.165) is 38.9 Å². The first kappa shape index (κ1) is 18.7. The highest BCUT2D eigenvalue weighted by molar-refractivity contribution is 6.00. The van der Waals surface area contributed by atoms with Crippen LogP contribution in [0.2, 0.25) is 0 Å². The summed E-state index contributed by atoms with van der Waals surface area (Å²) in [5.41, 5.74) is 17.2. The van der Waals surface area contributed by atoms with E-state index in [1.54, 1.807) is 6.07 Å². The summed E-state index contributed by atoms with van der Waals surface area (Å²) in [7, 11) is 0. The molecule has 1 amide bonds. The molecular formula is C24H21N3O2. The van der Waals surface area contributed by atoms with Gasteiger partial charge in [-0.05, 0) is 29.3 Å². The van der Waals surface area contributed by atoms with Crippen LogP contribution in [0.5, 0.6) is 5.75 Å². The third-order valence-corrected chi connectivity index (χ3v) is 4.75. The minimum absolute atomic E-state index is 0.175. The molecule has 0 saturated carbocycles. The van der Waals surface area contributed by atoms with Crippen molar-refractivity contribution in [3.8, 4) is 28.1 Å². The normalized spacial score (nSPS) is 10.8. The Morgan fingerprint density at radius 1 is 0.897 bits per heavy atom. The number of carbonyl (C=O) groups is 1. The number of amides is 1. The third-order valence-electron chi connectivity index (χ3n) is 4.75. The number of fused-ring (bicyclic) bond motifs is 1. The van der Waals surface area contributed by atoms with Crippen LogP contribution < -0.4 is 16.2 Å². The summed E-state index contributed by atoms with van der Waals surface area (Å²) in [6.45, 7) is 0.162. The number of hydrogen-bond donors (Lipinski definition) is 2. The van der Waals surface area contributed by atoms with Crippen LogP contribution in [0.4, 0.5) is 0 Å². The SMILES string of the molecule is NCc1c(-c2ccccc2)nc2ccc(OCC(N)=O)cc2c1-c1ccccc1. The van der Waals surface area contributed by atoms with E-state index in [9.17, 15) is 4.79 Å². The van der Waals surface area contributed by atoms with Crippen LogP contribution >= 0.6 is 0 Å². The molecule has 0 unspecified atom stereocenters. The van der Waals surface area contributed by atoms with Crippen LogP contribution in [0.1, 0.15) is 5.56 Å². The van der Waals surface area contributed by atoms with Gasteiger partial charge >= 0.3 is 0 Å². The zero-order chi connectivity index (χ0) is 20.2. The molecule has 4 N–H and O–H groups in total. The monoisotopic (exact) mass is 383 g/mol. The average Bonchev–Trinajstić information content (AvgIpc) is 2.77. The van der Waals surface area contributed by atoms with Crippen LogP contribution in [0.3, 0.4) is 0 Å². The van der Waals surface area contributed by atoms with Crippen molar-refractivity contribution in [2.75, 3.05) is 6.61 Å². The van der Waals surface area contributed by atoms with Gasteiger partial charge in [0, 0.05) is 23.1 Å². The van der Waals surface area contributed by atoms with Crippen molar-refractivity contribution in [3.05, 3.63) is 84.4 Å². The lowest BCUT2D eigenvalue weighted by molar-refractivity contribution is -0.119. The Balaban J connectivity index is 2.00. The van der Waals surface area contributed by atoms with Gasteiger partial charge in [-0.1, -0.05) is 60.7 Å². The van der Waals surface area contributed by atoms with Gasteiger partial charge < -0.3 is 16.2 Å². The molecule has 0 radical (unpaired) electrons. The Kier molecular flexibility index (Phi) is 5.22. The Labute approximate surface area is 168 Å². The number of pyridine rings is 1. The van der Waals surface area contributed by atoms with Crippen molar-refractivity contribution < 1.29 is 9.53 Å². The van der Waals surface area contributed by atoms with Gasteiger partial charge in [0.2, 0.25) is 0 Å². The minimum atomic E-state index is -0.520. The molecule has 0 aliphatic rings. The fourth-order valence-corrected chi connectivity index (χ4v) is 3.49. The summed E-state index contributed by atoms with van der Waals surface area (Å²) < 4.78 is 5.52. The maximum absolute atomic E-state index is 11.1. The first-order valence-corrected chi connectivity index (χ1v) is 9.36. The largest absolute Gasteiger partial charge is 0.484 e. The van der Waals surface area contributed by atoms with Gasteiger partial charge in [0.15, 0.2) is 6.61 Å². The molecule has 3 aromatic carbocycles. The first-order valence-electron chi connectivity index (χ1n) is 9.36. The highest BCUT2D eigenvalue weighted by atomic mass is 16.5. The lowest BCUT2D eigenvalue weighted by atomic mass is 9.92. The number of nitrogens with two attached hydrogens (primary N) is 2. The van der Waals surface area contributed by atoms with Gasteiger partial charge in [0.1, 0.15) is 5.75 Å². The number of carbonyl (C=O) groups excluding carboxylic acids is 1.